The second-order valence-corrected chi connectivity index (χ2v) is 6.37. The fourth-order valence-corrected chi connectivity index (χ4v) is 3.64. The third-order valence-electron chi connectivity index (χ3n) is 3.79. The van der Waals surface area contributed by atoms with Crippen LogP contribution in [-0.4, -0.2) is 37.1 Å². The summed E-state index contributed by atoms with van der Waals surface area (Å²) in [7, 11) is 0. The molecule has 2 N–H and O–H groups in total. The zero-order valence-corrected chi connectivity index (χ0v) is 13.6. The molecule has 132 valence electrons. The maximum atomic E-state index is 14.5. The Labute approximate surface area is 144 Å². The lowest BCUT2D eigenvalue weighted by Gasteiger charge is -2.29. The first-order valence-electron chi connectivity index (χ1n) is 7.28. The molecule has 7 nitrogen and oxygen atoms in total. The number of hydrogen-bond acceptors (Lipinski definition) is 6. The van der Waals surface area contributed by atoms with Crippen LogP contribution in [0, 0.1) is 21.7 Å². The normalized spacial score (nSPS) is 14.6. The molecular weight excluding hydrogens is 356 g/mol. The summed E-state index contributed by atoms with van der Waals surface area (Å²) in [6, 6.07) is 3.37. The van der Waals surface area contributed by atoms with Gasteiger partial charge in [-0.05, 0) is 18.2 Å². The molecule has 0 atom stereocenters. The van der Waals surface area contributed by atoms with Gasteiger partial charge in [0.25, 0.3) is 5.91 Å². The SMILES string of the molecule is NC(=O)c1cc(-c2c(F)cc(N3CCOCC3)cc2F)sc1[N+](=O)[O-]. The molecule has 2 heterocycles. The van der Waals surface area contributed by atoms with Crippen molar-refractivity contribution in [2.75, 3.05) is 31.2 Å². The number of nitrogens with two attached hydrogens (primary N) is 1. The number of anilines is 1. The first-order valence-corrected chi connectivity index (χ1v) is 8.10. The number of hydrogen-bond donors (Lipinski definition) is 1. The van der Waals surface area contributed by atoms with Gasteiger partial charge < -0.3 is 15.4 Å². The van der Waals surface area contributed by atoms with Crippen molar-refractivity contribution in [3.8, 4) is 10.4 Å². The van der Waals surface area contributed by atoms with Crippen molar-refractivity contribution in [2.24, 2.45) is 5.73 Å². The second kappa shape index (κ2) is 6.73. The molecule has 0 radical (unpaired) electrons. The van der Waals surface area contributed by atoms with Gasteiger partial charge in [-0.3, -0.25) is 14.9 Å². The van der Waals surface area contributed by atoms with Crippen LogP contribution in [0.4, 0.5) is 19.5 Å². The Kier molecular flexibility index (Phi) is 4.64. The Morgan fingerprint density at radius 1 is 1.24 bits per heavy atom. The second-order valence-electron chi connectivity index (χ2n) is 5.33. The summed E-state index contributed by atoms with van der Waals surface area (Å²) in [6.45, 7) is 1.94. The molecule has 1 aromatic heterocycles. The van der Waals surface area contributed by atoms with E-state index in [0.717, 1.165) is 6.07 Å². The molecule has 0 spiro atoms. The standard InChI is InChI=1S/C15H13F2N3O4S/c16-10-5-8(19-1-3-24-4-2-19)6-11(17)13(10)12-7-9(14(18)21)15(25-12)20(22)23/h5-7H,1-4H2,(H2,18,21). The number of halogens is 2. The predicted octanol–water partition coefficient (Wildman–Crippen LogP) is 2.54. The Bertz CT molecular complexity index is 795. The van der Waals surface area contributed by atoms with E-state index in [1.54, 1.807) is 4.90 Å². The maximum absolute atomic E-state index is 14.5. The van der Waals surface area contributed by atoms with E-state index in [9.17, 15) is 23.7 Å². The van der Waals surface area contributed by atoms with Gasteiger partial charge in [-0.1, -0.05) is 11.3 Å². The van der Waals surface area contributed by atoms with Crippen molar-refractivity contribution in [3.05, 3.63) is 45.5 Å². The molecule has 1 aliphatic rings. The maximum Gasteiger partial charge on any atom is 0.337 e. The van der Waals surface area contributed by atoms with E-state index in [1.807, 2.05) is 0 Å². The van der Waals surface area contributed by atoms with Crippen LogP contribution < -0.4 is 10.6 Å². The number of carbonyl (C=O) groups excluding carboxylic acids is 1. The summed E-state index contributed by atoms with van der Waals surface area (Å²) in [6.07, 6.45) is 0. The number of carbonyl (C=O) groups is 1. The van der Waals surface area contributed by atoms with Crippen molar-refractivity contribution in [1.82, 2.24) is 0 Å². The van der Waals surface area contributed by atoms with E-state index >= 15 is 0 Å². The van der Waals surface area contributed by atoms with Gasteiger partial charge in [-0.15, -0.1) is 0 Å². The summed E-state index contributed by atoms with van der Waals surface area (Å²) >= 11 is 0.505. The monoisotopic (exact) mass is 369 g/mol. The van der Waals surface area contributed by atoms with Crippen LogP contribution >= 0.6 is 11.3 Å². The van der Waals surface area contributed by atoms with E-state index in [1.165, 1.54) is 12.1 Å². The van der Waals surface area contributed by atoms with Crippen LogP contribution in [-0.2, 0) is 4.74 Å². The summed E-state index contributed by atoms with van der Waals surface area (Å²) in [4.78, 5) is 23.2. The highest BCUT2D eigenvalue weighted by Gasteiger charge is 2.27. The number of nitro groups is 1. The summed E-state index contributed by atoms with van der Waals surface area (Å²) in [5.41, 5.74) is 4.67. The van der Waals surface area contributed by atoms with Crippen LogP contribution in [0.5, 0.6) is 0 Å². The van der Waals surface area contributed by atoms with E-state index in [2.05, 4.69) is 0 Å². The molecule has 10 heteroatoms. The highest BCUT2D eigenvalue weighted by atomic mass is 32.1. The average molecular weight is 369 g/mol. The molecule has 1 aliphatic heterocycles. The van der Waals surface area contributed by atoms with Crippen LogP contribution in [0.25, 0.3) is 10.4 Å². The third-order valence-corrected chi connectivity index (χ3v) is 4.90. The van der Waals surface area contributed by atoms with Gasteiger partial charge in [-0.25, -0.2) is 8.78 Å². The van der Waals surface area contributed by atoms with E-state index in [4.69, 9.17) is 10.5 Å². The van der Waals surface area contributed by atoms with Gasteiger partial charge in [-0.2, -0.15) is 0 Å². The minimum absolute atomic E-state index is 0.0657. The van der Waals surface area contributed by atoms with Crippen molar-refractivity contribution in [3.63, 3.8) is 0 Å². The number of thiophene rings is 1. The lowest BCUT2D eigenvalue weighted by Crippen LogP contribution is -2.36. The summed E-state index contributed by atoms with van der Waals surface area (Å²) < 4.78 is 34.2. The van der Waals surface area contributed by atoms with Gasteiger partial charge in [0.15, 0.2) is 0 Å². The molecular formula is C15H13F2N3O4S. The largest absolute Gasteiger partial charge is 0.378 e. The zero-order valence-electron chi connectivity index (χ0n) is 12.8. The Morgan fingerprint density at radius 2 is 1.84 bits per heavy atom. The molecule has 25 heavy (non-hydrogen) atoms. The first-order chi connectivity index (χ1) is 11.9. The lowest BCUT2D eigenvalue weighted by molar-refractivity contribution is -0.380. The molecule has 0 saturated carbocycles. The number of morpholine rings is 1. The van der Waals surface area contributed by atoms with Crippen LogP contribution in [0.3, 0.4) is 0 Å². The molecule has 2 aromatic rings. The third kappa shape index (κ3) is 3.30. The van der Waals surface area contributed by atoms with Gasteiger partial charge >= 0.3 is 5.00 Å². The zero-order chi connectivity index (χ0) is 18.1. The van der Waals surface area contributed by atoms with Crippen LogP contribution in [0.2, 0.25) is 0 Å². The average Bonchev–Trinajstić information content (AvgIpc) is 3.00. The fourth-order valence-electron chi connectivity index (χ4n) is 2.62. The predicted molar refractivity (Wildman–Crippen MR) is 87.9 cm³/mol. The molecule has 1 fully saturated rings. The minimum Gasteiger partial charge on any atom is -0.378 e. The number of primary amides is 1. The summed E-state index contributed by atoms with van der Waals surface area (Å²) in [5.74, 6) is -2.76. The molecule has 1 aromatic carbocycles. The van der Waals surface area contributed by atoms with Gasteiger partial charge in [0.05, 0.1) is 23.7 Å². The molecule has 3 rings (SSSR count). The van der Waals surface area contributed by atoms with Crippen LogP contribution in [0.15, 0.2) is 18.2 Å². The van der Waals surface area contributed by atoms with E-state index in [0.29, 0.717) is 43.3 Å². The van der Waals surface area contributed by atoms with Gasteiger partial charge in [0, 0.05) is 23.7 Å². The topological polar surface area (TPSA) is 98.7 Å². The fraction of sp³-hybridized carbons (Fsp3) is 0.267. The van der Waals surface area contributed by atoms with Crippen molar-refractivity contribution >= 4 is 27.9 Å². The number of benzene rings is 1. The van der Waals surface area contributed by atoms with Crippen molar-refractivity contribution in [2.45, 2.75) is 0 Å². The van der Waals surface area contributed by atoms with E-state index in [-0.39, 0.29) is 10.4 Å². The molecule has 0 aliphatic carbocycles. The minimum atomic E-state index is -1.03. The Hall–Kier alpha value is -2.59. The van der Waals surface area contributed by atoms with Gasteiger partial charge in [0.2, 0.25) is 0 Å². The highest BCUT2D eigenvalue weighted by molar-refractivity contribution is 7.19. The van der Waals surface area contributed by atoms with Crippen molar-refractivity contribution in [1.29, 1.82) is 0 Å². The smallest absolute Gasteiger partial charge is 0.337 e. The molecule has 0 unspecified atom stereocenters. The quantitative estimate of drug-likeness (QED) is 0.660. The number of nitrogens with zero attached hydrogens (tertiary/aromatic N) is 2. The van der Waals surface area contributed by atoms with Crippen molar-refractivity contribution < 1.29 is 23.2 Å². The Morgan fingerprint density at radius 3 is 2.32 bits per heavy atom. The Balaban J connectivity index is 2.04. The molecule has 0 bridgehead atoms. The number of ether oxygens (including phenoxy) is 1. The number of rotatable bonds is 4. The molecule has 1 amide bonds. The van der Waals surface area contributed by atoms with E-state index < -0.39 is 33.0 Å². The number of amides is 1. The molecule has 1 saturated heterocycles. The highest BCUT2D eigenvalue weighted by Crippen LogP contribution is 2.40. The van der Waals surface area contributed by atoms with Gasteiger partial charge in [0.1, 0.15) is 17.2 Å². The first kappa shape index (κ1) is 17.2. The lowest BCUT2D eigenvalue weighted by atomic mass is 10.1. The summed E-state index contributed by atoms with van der Waals surface area (Å²) in [5, 5.41) is 10.5. The van der Waals surface area contributed by atoms with Crippen LogP contribution in [0.1, 0.15) is 10.4 Å².